The Morgan fingerprint density at radius 2 is 1.54 bits per heavy atom. The molecule has 2 aromatic rings. The number of ether oxygens (including phenoxy) is 2. The lowest BCUT2D eigenvalue weighted by Gasteiger charge is -2.26. The smallest absolute Gasteiger partial charge is 0.283 e. The number of carbonyl (C=O) groups is 3. The number of hydrazine groups is 1. The standard InChI is InChI=1S/C17H12N2O5/c20-15(14-9-23-12-7-3-4-8-13(12)24-14)18-19-16(21)10-5-1-2-6-11(10)17(19)22/h1-8,14H,9H2,(H,18,20)/t14-/m0/s1. The molecule has 7 nitrogen and oxygen atoms in total. The van der Waals surface area contributed by atoms with Crippen LogP contribution in [0.4, 0.5) is 0 Å². The van der Waals surface area contributed by atoms with E-state index < -0.39 is 23.8 Å². The van der Waals surface area contributed by atoms with Crippen LogP contribution in [0.25, 0.3) is 0 Å². The first-order valence-corrected chi connectivity index (χ1v) is 7.32. The molecule has 0 radical (unpaired) electrons. The molecule has 0 aliphatic carbocycles. The predicted molar refractivity (Wildman–Crippen MR) is 81.4 cm³/mol. The van der Waals surface area contributed by atoms with Gasteiger partial charge >= 0.3 is 0 Å². The minimum atomic E-state index is -0.954. The Morgan fingerprint density at radius 3 is 2.21 bits per heavy atom. The van der Waals surface area contributed by atoms with Crippen LogP contribution in [-0.4, -0.2) is 35.4 Å². The van der Waals surface area contributed by atoms with Crippen LogP contribution in [-0.2, 0) is 4.79 Å². The number of benzene rings is 2. The minimum Gasteiger partial charge on any atom is -0.485 e. The Morgan fingerprint density at radius 1 is 0.958 bits per heavy atom. The van der Waals surface area contributed by atoms with Gasteiger partial charge in [0.1, 0.15) is 6.61 Å². The number of nitrogens with zero attached hydrogens (tertiary/aromatic N) is 1. The lowest BCUT2D eigenvalue weighted by atomic mass is 10.1. The van der Waals surface area contributed by atoms with Gasteiger partial charge in [-0.1, -0.05) is 24.3 Å². The summed E-state index contributed by atoms with van der Waals surface area (Å²) in [6.45, 7) is -0.00792. The highest BCUT2D eigenvalue weighted by molar-refractivity contribution is 6.21. The molecular weight excluding hydrogens is 312 g/mol. The Labute approximate surface area is 136 Å². The van der Waals surface area contributed by atoms with Crippen molar-refractivity contribution in [3.05, 3.63) is 59.7 Å². The highest BCUT2D eigenvalue weighted by Crippen LogP contribution is 2.31. The van der Waals surface area contributed by atoms with Crippen LogP contribution >= 0.6 is 0 Å². The molecule has 2 aliphatic heterocycles. The number of para-hydroxylation sites is 2. The highest BCUT2D eigenvalue weighted by atomic mass is 16.6. The summed E-state index contributed by atoms with van der Waals surface area (Å²) in [4.78, 5) is 36.8. The third-order valence-electron chi connectivity index (χ3n) is 3.82. The Hall–Kier alpha value is -3.35. The summed E-state index contributed by atoms with van der Waals surface area (Å²) in [5.74, 6) is -0.783. The van der Waals surface area contributed by atoms with E-state index in [1.165, 1.54) is 12.1 Å². The first-order chi connectivity index (χ1) is 11.6. The van der Waals surface area contributed by atoms with Gasteiger partial charge in [-0.05, 0) is 24.3 Å². The first-order valence-electron chi connectivity index (χ1n) is 7.32. The van der Waals surface area contributed by atoms with Crippen molar-refractivity contribution in [1.29, 1.82) is 0 Å². The molecule has 1 atom stereocenters. The van der Waals surface area contributed by atoms with E-state index in [1.54, 1.807) is 36.4 Å². The molecule has 2 aliphatic rings. The fourth-order valence-electron chi connectivity index (χ4n) is 2.62. The summed E-state index contributed by atoms with van der Waals surface area (Å²) in [5, 5.41) is 0.705. The molecule has 1 N–H and O–H groups in total. The second-order valence-electron chi connectivity index (χ2n) is 5.33. The van der Waals surface area contributed by atoms with Gasteiger partial charge in [0, 0.05) is 0 Å². The third kappa shape index (κ3) is 2.18. The van der Waals surface area contributed by atoms with Gasteiger partial charge in [-0.3, -0.25) is 19.8 Å². The fraction of sp³-hybridized carbons (Fsp3) is 0.118. The molecule has 0 fully saturated rings. The summed E-state index contributed by atoms with van der Waals surface area (Å²) in [5.41, 5.74) is 2.83. The van der Waals surface area contributed by atoms with Crippen molar-refractivity contribution in [1.82, 2.24) is 10.4 Å². The zero-order chi connectivity index (χ0) is 16.7. The molecule has 7 heteroatoms. The van der Waals surface area contributed by atoms with Crippen LogP contribution in [0, 0.1) is 0 Å². The van der Waals surface area contributed by atoms with Crippen molar-refractivity contribution < 1.29 is 23.9 Å². The van der Waals surface area contributed by atoms with Crippen LogP contribution in [0.1, 0.15) is 20.7 Å². The van der Waals surface area contributed by atoms with Crippen molar-refractivity contribution >= 4 is 17.7 Å². The molecule has 3 amide bonds. The van der Waals surface area contributed by atoms with Gasteiger partial charge < -0.3 is 9.47 Å². The maximum atomic E-state index is 12.3. The summed E-state index contributed by atoms with van der Waals surface area (Å²) >= 11 is 0. The van der Waals surface area contributed by atoms with Crippen molar-refractivity contribution in [3.8, 4) is 11.5 Å². The molecule has 0 bridgehead atoms. The summed E-state index contributed by atoms with van der Waals surface area (Å²) in [6.07, 6.45) is -0.954. The number of imide groups is 1. The quantitative estimate of drug-likeness (QED) is 0.838. The monoisotopic (exact) mass is 324 g/mol. The second kappa shape index (κ2) is 5.38. The Balaban J connectivity index is 1.50. The van der Waals surface area contributed by atoms with Crippen molar-refractivity contribution in [2.75, 3.05) is 6.61 Å². The SMILES string of the molecule is O=C(NN1C(=O)c2ccccc2C1=O)[C@@H]1COc2ccccc2O1. The van der Waals surface area contributed by atoms with E-state index in [2.05, 4.69) is 5.43 Å². The van der Waals surface area contributed by atoms with Crippen LogP contribution < -0.4 is 14.9 Å². The van der Waals surface area contributed by atoms with E-state index in [1.807, 2.05) is 0 Å². The number of fused-ring (bicyclic) bond motifs is 2. The molecular formula is C17H12N2O5. The topological polar surface area (TPSA) is 84.9 Å². The summed E-state index contributed by atoms with van der Waals surface area (Å²) < 4.78 is 11.0. The van der Waals surface area contributed by atoms with Gasteiger partial charge in [0.15, 0.2) is 11.5 Å². The zero-order valence-corrected chi connectivity index (χ0v) is 12.4. The fourth-order valence-corrected chi connectivity index (χ4v) is 2.62. The molecule has 120 valence electrons. The molecule has 0 spiro atoms. The van der Waals surface area contributed by atoms with Gasteiger partial charge in [0.05, 0.1) is 11.1 Å². The number of nitrogens with one attached hydrogen (secondary N) is 1. The van der Waals surface area contributed by atoms with Crippen LogP contribution in [0.5, 0.6) is 11.5 Å². The van der Waals surface area contributed by atoms with Gasteiger partial charge in [-0.25, -0.2) is 0 Å². The molecule has 0 saturated carbocycles. The van der Waals surface area contributed by atoms with E-state index >= 15 is 0 Å². The lowest BCUT2D eigenvalue weighted by molar-refractivity contribution is -0.133. The van der Waals surface area contributed by atoms with E-state index in [0.717, 1.165) is 0 Å². The number of amides is 3. The van der Waals surface area contributed by atoms with Crippen LogP contribution in [0.15, 0.2) is 48.5 Å². The average molecular weight is 324 g/mol. The Bertz CT molecular complexity index is 829. The highest BCUT2D eigenvalue weighted by Gasteiger charge is 2.38. The number of hydrogen-bond acceptors (Lipinski definition) is 5. The lowest BCUT2D eigenvalue weighted by Crippen LogP contribution is -2.53. The molecule has 24 heavy (non-hydrogen) atoms. The third-order valence-corrected chi connectivity index (χ3v) is 3.82. The van der Waals surface area contributed by atoms with E-state index in [9.17, 15) is 14.4 Å². The van der Waals surface area contributed by atoms with E-state index in [0.29, 0.717) is 16.5 Å². The molecule has 2 aromatic carbocycles. The maximum Gasteiger partial charge on any atom is 0.283 e. The van der Waals surface area contributed by atoms with Crippen LogP contribution in [0.3, 0.4) is 0 Å². The van der Waals surface area contributed by atoms with Gasteiger partial charge in [-0.2, -0.15) is 5.01 Å². The van der Waals surface area contributed by atoms with E-state index in [4.69, 9.17) is 9.47 Å². The first kappa shape index (κ1) is 14.3. The van der Waals surface area contributed by atoms with Crippen molar-refractivity contribution in [2.45, 2.75) is 6.10 Å². The van der Waals surface area contributed by atoms with Gasteiger partial charge in [0.25, 0.3) is 17.7 Å². The molecule has 0 aromatic heterocycles. The minimum absolute atomic E-state index is 0.00792. The number of carbonyl (C=O) groups excluding carboxylic acids is 3. The second-order valence-corrected chi connectivity index (χ2v) is 5.33. The molecule has 0 unspecified atom stereocenters. The molecule has 4 rings (SSSR count). The molecule has 0 saturated heterocycles. The Kier molecular flexibility index (Phi) is 3.19. The predicted octanol–water partition coefficient (Wildman–Crippen LogP) is 1.15. The average Bonchev–Trinajstić information content (AvgIpc) is 2.86. The normalized spacial score (nSPS) is 18.3. The van der Waals surface area contributed by atoms with E-state index in [-0.39, 0.29) is 17.7 Å². The number of hydrogen-bond donors (Lipinski definition) is 1. The number of rotatable bonds is 2. The van der Waals surface area contributed by atoms with Gasteiger partial charge in [0.2, 0.25) is 6.10 Å². The largest absolute Gasteiger partial charge is 0.485 e. The van der Waals surface area contributed by atoms with Crippen molar-refractivity contribution in [3.63, 3.8) is 0 Å². The summed E-state index contributed by atoms with van der Waals surface area (Å²) in [6, 6.07) is 13.4. The van der Waals surface area contributed by atoms with Crippen LogP contribution in [0.2, 0.25) is 0 Å². The summed E-state index contributed by atoms with van der Waals surface area (Å²) in [7, 11) is 0. The van der Waals surface area contributed by atoms with Crippen molar-refractivity contribution in [2.24, 2.45) is 0 Å². The van der Waals surface area contributed by atoms with Gasteiger partial charge in [-0.15, -0.1) is 0 Å². The maximum absolute atomic E-state index is 12.3. The molecule has 2 heterocycles. The zero-order valence-electron chi connectivity index (χ0n) is 12.4.